The summed E-state index contributed by atoms with van der Waals surface area (Å²) in [5.74, 6) is 4.42. The molecule has 1 aromatic carbocycles. The zero-order chi connectivity index (χ0) is 14.5. The fourth-order valence-electron chi connectivity index (χ4n) is 1.53. The topological polar surface area (TPSA) is 104 Å². The third-order valence-corrected chi connectivity index (χ3v) is 2.47. The second-order valence-electron chi connectivity index (χ2n) is 3.81. The maximum Gasteiger partial charge on any atom is 0.274 e. The number of rotatable bonds is 3. The number of hydrogen-bond donors (Lipinski definition) is 3. The third kappa shape index (κ3) is 2.88. The zero-order valence-corrected chi connectivity index (χ0v) is 10.2. The zero-order valence-electron chi connectivity index (χ0n) is 10.2. The Labute approximate surface area is 114 Å². The Bertz CT molecular complexity index is 695. The highest BCUT2D eigenvalue weighted by atomic mass is 19.1. The molecule has 0 aliphatic rings. The molecule has 2 rings (SSSR count). The molecule has 100 valence electrons. The van der Waals surface area contributed by atoms with Crippen LogP contribution in [-0.4, -0.2) is 10.9 Å². The molecule has 0 spiro atoms. The van der Waals surface area contributed by atoms with Crippen LogP contribution in [0.4, 0.5) is 15.9 Å². The lowest BCUT2D eigenvalue weighted by atomic mass is 10.2. The molecule has 0 aliphatic carbocycles. The van der Waals surface area contributed by atoms with Crippen molar-refractivity contribution in [2.24, 2.45) is 5.84 Å². The number of hydrazine groups is 1. The number of carbonyl (C=O) groups excluding carboxylic acids is 1. The Hall–Kier alpha value is -2.98. The number of halogens is 1. The first-order chi connectivity index (χ1) is 9.63. The Balaban J connectivity index is 2.21. The van der Waals surface area contributed by atoms with Gasteiger partial charge in [-0.1, -0.05) is 6.07 Å². The number of nitrogens with one attached hydrogen (secondary N) is 2. The summed E-state index contributed by atoms with van der Waals surface area (Å²) < 4.78 is 13.2. The van der Waals surface area contributed by atoms with Gasteiger partial charge in [0.05, 0.1) is 5.56 Å². The number of amides is 1. The summed E-state index contributed by atoms with van der Waals surface area (Å²) in [5, 5.41) is 11.2. The molecule has 0 radical (unpaired) electrons. The average Bonchev–Trinajstić information content (AvgIpc) is 2.49. The molecule has 7 heteroatoms. The Morgan fingerprint density at radius 1 is 1.35 bits per heavy atom. The van der Waals surface area contributed by atoms with Crippen LogP contribution in [0.2, 0.25) is 0 Å². The second-order valence-corrected chi connectivity index (χ2v) is 3.81. The van der Waals surface area contributed by atoms with E-state index >= 15 is 0 Å². The molecule has 4 N–H and O–H groups in total. The fourth-order valence-corrected chi connectivity index (χ4v) is 1.53. The molecule has 1 amide bonds. The monoisotopic (exact) mass is 271 g/mol. The van der Waals surface area contributed by atoms with Crippen LogP contribution in [-0.2, 0) is 0 Å². The van der Waals surface area contributed by atoms with Crippen LogP contribution in [0, 0.1) is 17.1 Å². The van der Waals surface area contributed by atoms with Crippen molar-refractivity contribution in [3.63, 3.8) is 0 Å². The number of pyridine rings is 1. The van der Waals surface area contributed by atoms with Gasteiger partial charge < -0.3 is 10.7 Å². The van der Waals surface area contributed by atoms with Crippen molar-refractivity contribution in [1.82, 2.24) is 4.98 Å². The third-order valence-electron chi connectivity index (χ3n) is 2.47. The van der Waals surface area contributed by atoms with E-state index in [0.717, 1.165) is 6.07 Å². The van der Waals surface area contributed by atoms with E-state index in [1.165, 1.54) is 18.2 Å². The summed E-state index contributed by atoms with van der Waals surface area (Å²) in [4.78, 5) is 15.9. The highest BCUT2D eigenvalue weighted by Gasteiger charge is 2.10. The molecule has 6 nitrogen and oxygen atoms in total. The van der Waals surface area contributed by atoms with Gasteiger partial charge >= 0.3 is 0 Å². The van der Waals surface area contributed by atoms with Gasteiger partial charge in [0.15, 0.2) is 0 Å². The van der Waals surface area contributed by atoms with E-state index in [-0.39, 0.29) is 11.3 Å². The first-order valence-electron chi connectivity index (χ1n) is 5.58. The lowest BCUT2D eigenvalue weighted by Gasteiger charge is -2.06. The molecule has 1 heterocycles. The summed E-state index contributed by atoms with van der Waals surface area (Å²) in [5.41, 5.74) is 2.63. The van der Waals surface area contributed by atoms with Crippen LogP contribution in [0.15, 0.2) is 36.4 Å². The van der Waals surface area contributed by atoms with E-state index in [1.54, 1.807) is 18.2 Å². The summed E-state index contributed by atoms with van der Waals surface area (Å²) in [6.45, 7) is 0. The number of hydrogen-bond acceptors (Lipinski definition) is 5. The lowest BCUT2D eigenvalue weighted by molar-refractivity contribution is 0.102. The van der Waals surface area contributed by atoms with E-state index in [2.05, 4.69) is 15.7 Å². The van der Waals surface area contributed by atoms with Crippen LogP contribution in [0.1, 0.15) is 16.1 Å². The maximum absolute atomic E-state index is 13.2. The number of nitrogens with two attached hydrogens (primary N) is 1. The van der Waals surface area contributed by atoms with Gasteiger partial charge in [0.2, 0.25) is 0 Å². The molecule has 0 fully saturated rings. The van der Waals surface area contributed by atoms with E-state index in [0.29, 0.717) is 11.5 Å². The normalized spacial score (nSPS) is 9.65. The van der Waals surface area contributed by atoms with E-state index in [1.807, 2.05) is 0 Å². The van der Waals surface area contributed by atoms with Crippen molar-refractivity contribution in [3.05, 3.63) is 53.5 Å². The predicted octanol–water partition coefficient (Wildman–Crippen LogP) is 1.63. The first kappa shape index (κ1) is 13.5. The number of nitrogen functional groups attached to an aromatic ring is 1. The molecule has 0 saturated carbocycles. The SMILES string of the molecule is N#Cc1cc(NC(=O)c2cccc(NN)n2)ccc1F. The van der Waals surface area contributed by atoms with E-state index in [9.17, 15) is 9.18 Å². The highest BCUT2D eigenvalue weighted by molar-refractivity contribution is 6.03. The standard InChI is InChI=1S/C13H10FN5O/c14-10-5-4-9(6-8(10)7-15)17-13(20)11-2-1-3-12(18-11)19-16/h1-6H,16H2,(H,17,20)(H,18,19). The molecule has 1 aromatic heterocycles. The van der Waals surface area contributed by atoms with E-state index < -0.39 is 11.7 Å². The maximum atomic E-state index is 13.2. The van der Waals surface area contributed by atoms with Gasteiger partial charge in [0.1, 0.15) is 23.4 Å². The molecule has 2 aromatic rings. The lowest BCUT2D eigenvalue weighted by Crippen LogP contribution is -2.16. The van der Waals surface area contributed by atoms with Gasteiger partial charge in [0.25, 0.3) is 5.91 Å². The molecular formula is C13H10FN5O. The largest absolute Gasteiger partial charge is 0.321 e. The van der Waals surface area contributed by atoms with Crippen molar-refractivity contribution in [1.29, 1.82) is 5.26 Å². The van der Waals surface area contributed by atoms with Crippen molar-refractivity contribution in [2.45, 2.75) is 0 Å². The smallest absolute Gasteiger partial charge is 0.274 e. The van der Waals surface area contributed by atoms with Crippen LogP contribution in [0.5, 0.6) is 0 Å². The first-order valence-corrected chi connectivity index (χ1v) is 5.58. The van der Waals surface area contributed by atoms with Gasteiger partial charge in [-0.15, -0.1) is 0 Å². The van der Waals surface area contributed by atoms with Gasteiger partial charge in [-0.25, -0.2) is 15.2 Å². The summed E-state index contributed by atoms with van der Waals surface area (Å²) in [6.07, 6.45) is 0. The van der Waals surface area contributed by atoms with Gasteiger partial charge in [-0.3, -0.25) is 4.79 Å². The van der Waals surface area contributed by atoms with Crippen molar-refractivity contribution >= 4 is 17.4 Å². The van der Waals surface area contributed by atoms with Crippen molar-refractivity contribution in [3.8, 4) is 6.07 Å². The Morgan fingerprint density at radius 3 is 2.85 bits per heavy atom. The summed E-state index contributed by atoms with van der Waals surface area (Å²) in [7, 11) is 0. The van der Waals surface area contributed by atoms with E-state index in [4.69, 9.17) is 11.1 Å². The molecule has 20 heavy (non-hydrogen) atoms. The molecule has 0 saturated heterocycles. The Morgan fingerprint density at radius 2 is 2.15 bits per heavy atom. The molecule has 0 bridgehead atoms. The minimum atomic E-state index is -0.641. The minimum absolute atomic E-state index is 0.142. The van der Waals surface area contributed by atoms with Crippen LogP contribution < -0.4 is 16.6 Å². The van der Waals surface area contributed by atoms with Crippen molar-refractivity contribution in [2.75, 3.05) is 10.7 Å². The van der Waals surface area contributed by atoms with Crippen LogP contribution in [0.25, 0.3) is 0 Å². The van der Waals surface area contributed by atoms with Crippen LogP contribution in [0.3, 0.4) is 0 Å². The predicted molar refractivity (Wildman–Crippen MR) is 71.1 cm³/mol. The Kier molecular flexibility index (Phi) is 3.88. The number of carbonyl (C=O) groups is 1. The number of anilines is 2. The molecule has 0 atom stereocenters. The number of benzene rings is 1. The molecule has 0 unspecified atom stereocenters. The molecule has 0 aliphatic heterocycles. The van der Waals surface area contributed by atoms with Gasteiger partial charge in [-0.2, -0.15) is 5.26 Å². The second kappa shape index (κ2) is 5.77. The molecular weight excluding hydrogens is 261 g/mol. The fraction of sp³-hybridized carbons (Fsp3) is 0. The highest BCUT2D eigenvalue weighted by Crippen LogP contribution is 2.15. The van der Waals surface area contributed by atoms with Crippen molar-refractivity contribution < 1.29 is 9.18 Å². The average molecular weight is 271 g/mol. The summed E-state index contributed by atoms with van der Waals surface area (Å²) in [6, 6.07) is 10.1. The number of nitrogens with zero attached hydrogens (tertiary/aromatic N) is 2. The minimum Gasteiger partial charge on any atom is -0.321 e. The van der Waals surface area contributed by atoms with Gasteiger partial charge in [-0.05, 0) is 30.3 Å². The number of aromatic nitrogens is 1. The number of nitriles is 1. The van der Waals surface area contributed by atoms with Crippen LogP contribution >= 0.6 is 0 Å². The van der Waals surface area contributed by atoms with Gasteiger partial charge in [0, 0.05) is 5.69 Å². The summed E-state index contributed by atoms with van der Waals surface area (Å²) >= 11 is 0. The quantitative estimate of drug-likeness (QED) is 0.581.